The molecule has 0 heterocycles. The first-order chi connectivity index (χ1) is 5.91. The molecule has 0 radical (unpaired) electrons. The zero-order chi connectivity index (χ0) is 9.07. The molecule has 0 aromatic heterocycles. The van der Waals surface area contributed by atoms with E-state index < -0.39 is 0 Å². The van der Waals surface area contributed by atoms with Crippen molar-refractivity contribution < 1.29 is 9.78 Å². The number of allylic oxidation sites excluding steroid dienone is 1. The average molecular weight is 172 g/mol. The van der Waals surface area contributed by atoms with E-state index in [-0.39, 0.29) is 0 Å². The van der Waals surface area contributed by atoms with Gasteiger partial charge in [0.15, 0.2) is 0 Å². The predicted octanol–water partition coefficient (Wildman–Crippen LogP) is 3.09. The second kappa shape index (κ2) is 10.7. The Balaban J connectivity index is 2.86. The highest BCUT2D eigenvalue weighted by atomic mass is 17.2. The van der Waals surface area contributed by atoms with E-state index in [2.05, 4.69) is 26.0 Å². The van der Waals surface area contributed by atoms with E-state index in [0.717, 1.165) is 25.7 Å². The molecule has 0 N–H and O–H groups in total. The van der Waals surface area contributed by atoms with Crippen LogP contribution in [0.1, 0.15) is 39.5 Å². The summed E-state index contributed by atoms with van der Waals surface area (Å²) in [5.41, 5.74) is 0. The molecule has 0 spiro atoms. The van der Waals surface area contributed by atoms with Crippen LogP contribution >= 0.6 is 0 Å². The molecule has 2 nitrogen and oxygen atoms in total. The lowest BCUT2D eigenvalue weighted by atomic mass is 10.3. The van der Waals surface area contributed by atoms with Gasteiger partial charge in [0.1, 0.15) is 0 Å². The Morgan fingerprint density at radius 3 is 2.42 bits per heavy atom. The maximum absolute atomic E-state index is 4.93. The summed E-state index contributed by atoms with van der Waals surface area (Å²) in [5.74, 6) is 0. The van der Waals surface area contributed by atoms with Crippen molar-refractivity contribution in [2.24, 2.45) is 0 Å². The summed E-state index contributed by atoms with van der Waals surface area (Å²) in [6.07, 6.45) is 8.51. The fourth-order valence-electron chi connectivity index (χ4n) is 0.722. The molecule has 0 bridgehead atoms. The van der Waals surface area contributed by atoms with Crippen LogP contribution in [0.3, 0.4) is 0 Å². The third-order valence-electron chi connectivity index (χ3n) is 1.43. The molecule has 0 unspecified atom stereocenters. The zero-order valence-electron chi connectivity index (χ0n) is 8.21. The van der Waals surface area contributed by atoms with Crippen molar-refractivity contribution in [3.8, 4) is 0 Å². The Kier molecular flexibility index (Phi) is 10.4. The van der Waals surface area contributed by atoms with Crippen LogP contribution in [0.15, 0.2) is 12.2 Å². The van der Waals surface area contributed by atoms with Gasteiger partial charge in [0.25, 0.3) is 0 Å². The quantitative estimate of drug-likeness (QED) is 0.242. The van der Waals surface area contributed by atoms with Crippen molar-refractivity contribution in [3.63, 3.8) is 0 Å². The van der Waals surface area contributed by atoms with E-state index in [1.165, 1.54) is 0 Å². The van der Waals surface area contributed by atoms with Gasteiger partial charge in [0, 0.05) is 0 Å². The van der Waals surface area contributed by atoms with Gasteiger partial charge in [-0.1, -0.05) is 32.4 Å². The van der Waals surface area contributed by atoms with E-state index in [4.69, 9.17) is 9.78 Å². The summed E-state index contributed by atoms with van der Waals surface area (Å²) < 4.78 is 0. The van der Waals surface area contributed by atoms with Crippen molar-refractivity contribution in [1.82, 2.24) is 0 Å². The predicted molar refractivity (Wildman–Crippen MR) is 50.9 cm³/mol. The molecule has 0 rings (SSSR count). The van der Waals surface area contributed by atoms with Gasteiger partial charge >= 0.3 is 0 Å². The van der Waals surface area contributed by atoms with Crippen molar-refractivity contribution >= 4 is 0 Å². The third-order valence-corrected chi connectivity index (χ3v) is 1.43. The molecule has 12 heavy (non-hydrogen) atoms. The smallest absolute Gasteiger partial charge is 0.0856 e. The minimum Gasteiger partial charge on any atom is -0.237 e. The standard InChI is InChI=1S/C10H20O2/c1-3-5-7-8-10-12-11-9-6-4-2/h5,7H,3-4,6,8-10H2,1-2H3. The molecule has 0 aromatic carbocycles. The van der Waals surface area contributed by atoms with Crippen LogP contribution in [0.2, 0.25) is 0 Å². The number of rotatable bonds is 8. The minimum absolute atomic E-state index is 0.667. The van der Waals surface area contributed by atoms with Gasteiger partial charge in [-0.05, 0) is 19.3 Å². The number of unbranched alkanes of at least 4 members (excludes halogenated alkanes) is 1. The molecule has 0 aliphatic carbocycles. The fourth-order valence-corrected chi connectivity index (χ4v) is 0.722. The van der Waals surface area contributed by atoms with Crippen molar-refractivity contribution in [2.75, 3.05) is 13.2 Å². The highest BCUT2D eigenvalue weighted by Crippen LogP contribution is 1.91. The second-order valence-electron chi connectivity index (χ2n) is 2.67. The van der Waals surface area contributed by atoms with E-state index in [1.54, 1.807) is 0 Å². The maximum atomic E-state index is 4.93. The summed E-state index contributed by atoms with van der Waals surface area (Å²) in [6, 6.07) is 0. The summed E-state index contributed by atoms with van der Waals surface area (Å²) >= 11 is 0. The van der Waals surface area contributed by atoms with Crippen molar-refractivity contribution in [1.29, 1.82) is 0 Å². The lowest BCUT2D eigenvalue weighted by Gasteiger charge is -2.00. The Labute approximate surface area is 75.5 Å². The third kappa shape index (κ3) is 9.66. The van der Waals surface area contributed by atoms with Gasteiger partial charge in [-0.15, -0.1) is 0 Å². The Morgan fingerprint density at radius 2 is 1.75 bits per heavy atom. The number of hydrogen-bond donors (Lipinski definition) is 0. The summed E-state index contributed by atoms with van der Waals surface area (Å²) in [7, 11) is 0. The first-order valence-corrected chi connectivity index (χ1v) is 4.81. The molecule has 2 heteroatoms. The SMILES string of the molecule is CCC=CCCOOCCCC. The molecule has 0 fully saturated rings. The van der Waals surface area contributed by atoms with Crippen LogP contribution in [0.5, 0.6) is 0 Å². The van der Waals surface area contributed by atoms with Crippen LogP contribution in [-0.2, 0) is 9.78 Å². The summed E-state index contributed by atoms with van der Waals surface area (Å²) in [6.45, 7) is 5.64. The molecule has 72 valence electrons. The average Bonchev–Trinajstić information content (AvgIpc) is 2.10. The largest absolute Gasteiger partial charge is 0.237 e. The van der Waals surface area contributed by atoms with Crippen molar-refractivity contribution in [3.05, 3.63) is 12.2 Å². The monoisotopic (exact) mass is 172 g/mol. The lowest BCUT2D eigenvalue weighted by Crippen LogP contribution is -1.97. The van der Waals surface area contributed by atoms with Gasteiger partial charge < -0.3 is 0 Å². The lowest BCUT2D eigenvalue weighted by molar-refractivity contribution is -0.293. The fraction of sp³-hybridized carbons (Fsp3) is 0.800. The van der Waals surface area contributed by atoms with E-state index in [0.29, 0.717) is 13.2 Å². The summed E-state index contributed by atoms with van der Waals surface area (Å²) in [4.78, 5) is 9.85. The van der Waals surface area contributed by atoms with Crippen LogP contribution in [0, 0.1) is 0 Å². The molecule has 0 aliphatic heterocycles. The molecule has 0 saturated carbocycles. The Morgan fingerprint density at radius 1 is 1.00 bits per heavy atom. The molecule has 0 amide bonds. The van der Waals surface area contributed by atoms with Gasteiger partial charge in [-0.3, -0.25) is 0 Å². The van der Waals surface area contributed by atoms with Gasteiger partial charge in [-0.2, -0.15) is 0 Å². The second-order valence-corrected chi connectivity index (χ2v) is 2.67. The Hall–Kier alpha value is -0.340. The van der Waals surface area contributed by atoms with Gasteiger partial charge in [0.2, 0.25) is 0 Å². The first kappa shape index (κ1) is 11.7. The molecular formula is C10H20O2. The van der Waals surface area contributed by atoms with Crippen LogP contribution < -0.4 is 0 Å². The molecule has 0 saturated heterocycles. The number of hydrogen-bond acceptors (Lipinski definition) is 2. The summed E-state index contributed by atoms with van der Waals surface area (Å²) in [5, 5.41) is 0. The zero-order valence-corrected chi connectivity index (χ0v) is 8.21. The maximum Gasteiger partial charge on any atom is 0.0856 e. The van der Waals surface area contributed by atoms with Crippen LogP contribution in [0.25, 0.3) is 0 Å². The molecule has 0 aliphatic rings. The van der Waals surface area contributed by atoms with Crippen LogP contribution in [0.4, 0.5) is 0 Å². The Bertz CT molecular complexity index is 100. The first-order valence-electron chi connectivity index (χ1n) is 4.81. The van der Waals surface area contributed by atoms with Gasteiger partial charge in [0.05, 0.1) is 13.2 Å². The van der Waals surface area contributed by atoms with Crippen molar-refractivity contribution in [2.45, 2.75) is 39.5 Å². The normalized spacial score (nSPS) is 11.2. The van der Waals surface area contributed by atoms with E-state index in [9.17, 15) is 0 Å². The van der Waals surface area contributed by atoms with Gasteiger partial charge in [-0.25, -0.2) is 9.78 Å². The molecule has 0 aromatic rings. The van der Waals surface area contributed by atoms with E-state index >= 15 is 0 Å². The molecular weight excluding hydrogens is 152 g/mol. The topological polar surface area (TPSA) is 18.5 Å². The minimum atomic E-state index is 0.667. The van der Waals surface area contributed by atoms with E-state index in [1.807, 2.05) is 0 Å². The van der Waals surface area contributed by atoms with Crippen LogP contribution in [-0.4, -0.2) is 13.2 Å². The highest BCUT2D eigenvalue weighted by molar-refractivity contribution is 4.79. The highest BCUT2D eigenvalue weighted by Gasteiger charge is 1.86. The molecule has 0 atom stereocenters.